The number of piperidine rings is 1. The van der Waals surface area contributed by atoms with E-state index in [1.807, 2.05) is 0 Å². The summed E-state index contributed by atoms with van der Waals surface area (Å²) in [7, 11) is 0. The van der Waals surface area contributed by atoms with Gasteiger partial charge in [0, 0.05) is 12.6 Å². The lowest BCUT2D eigenvalue weighted by atomic mass is 9.75. The Labute approximate surface area is 132 Å². The predicted octanol–water partition coefficient (Wildman–Crippen LogP) is 4.24. The molecular formula is C17H26ClFN2. The fourth-order valence-corrected chi connectivity index (χ4v) is 3.48. The molecule has 0 bridgehead atoms. The highest BCUT2D eigenvalue weighted by molar-refractivity contribution is 6.30. The van der Waals surface area contributed by atoms with Gasteiger partial charge >= 0.3 is 0 Å². The molecule has 2 nitrogen and oxygen atoms in total. The van der Waals surface area contributed by atoms with Crippen LogP contribution in [-0.4, -0.2) is 24.5 Å². The van der Waals surface area contributed by atoms with Gasteiger partial charge in [0.25, 0.3) is 0 Å². The van der Waals surface area contributed by atoms with Gasteiger partial charge in [0.05, 0.1) is 5.02 Å². The monoisotopic (exact) mass is 312 g/mol. The number of nitrogens with two attached hydrogens (primary N) is 1. The van der Waals surface area contributed by atoms with Crippen molar-refractivity contribution in [3.05, 3.63) is 34.6 Å². The molecule has 1 aliphatic heterocycles. The predicted molar refractivity (Wildman–Crippen MR) is 87.0 cm³/mol. The fourth-order valence-electron chi connectivity index (χ4n) is 3.29. The van der Waals surface area contributed by atoms with Gasteiger partial charge in [0.2, 0.25) is 0 Å². The van der Waals surface area contributed by atoms with Gasteiger partial charge in [-0.15, -0.1) is 0 Å². The maximum absolute atomic E-state index is 13.3. The zero-order valence-electron chi connectivity index (χ0n) is 13.2. The van der Waals surface area contributed by atoms with Crippen molar-refractivity contribution in [3.8, 4) is 0 Å². The summed E-state index contributed by atoms with van der Waals surface area (Å²) in [5.74, 6) is 0.381. The average Bonchev–Trinajstić information content (AvgIpc) is 2.43. The van der Waals surface area contributed by atoms with Gasteiger partial charge in [0.15, 0.2) is 0 Å². The van der Waals surface area contributed by atoms with E-state index in [9.17, 15) is 4.39 Å². The molecule has 2 N–H and O–H groups in total. The standard InChI is InChI=1S/C17H26ClFN2/c1-17(2,3)13-6-8-21(9-7-13)16(11-20)12-4-5-15(19)14(18)10-12/h4-5,10,13,16H,6-9,11,20H2,1-3H3. The Hall–Kier alpha value is -0.640. The SMILES string of the molecule is CC(C)(C)C1CCN(C(CN)c2ccc(F)c(Cl)c2)CC1. The van der Waals surface area contributed by atoms with Gasteiger partial charge in [-0.2, -0.15) is 0 Å². The van der Waals surface area contributed by atoms with Gasteiger partial charge in [0.1, 0.15) is 5.82 Å². The zero-order chi connectivity index (χ0) is 15.6. The van der Waals surface area contributed by atoms with E-state index in [-0.39, 0.29) is 16.9 Å². The molecular weight excluding hydrogens is 287 g/mol. The Morgan fingerprint density at radius 2 is 1.95 bits per heavy atom. The van der Waals surface area contributed by atoms with Crippen LogP contribution in [0.25, 0.3) is 0 Å². The van der Waals surface area contributed by atoms with Crippen LogP contribution in [0.4, 0.5) is 4.39 Å². The van der Waals surface area contributed by atoms with E-state index < -0.39 is 0 Å². The minimum absolute atomic E-state index is 0.129. The lowest BCUT2D eigenvalue weighted by molar-refractivity contribution is 0.0846. The van der Waals surface area contributed by atoms with Crippen LogP contribution >= 0.6 is 11.6 Å². The number of nitrogens with zero attached hydrogens (tertiary/aromatic N) is 1. The van der Waals surface area contributed by atoms with Crippen molar-refractivity contribution in [2.75, 3.05) is 19.6 Å². The molecule has 0 saturated carbocycles. The Bertz CT molecular complexity index is 476. The van der Waals surface area contributed by atoms with Gasteiger partial charge in [-0.3, -0.25) is 4.90 Å². The van der Waals surface area contributed by atoms with Crippen molar-refractivity contribution in [1.29, 1.82) is 0 Å². The van der Waals surface area contributed by atoms with Crippen molar-refractivity contribution in [2.24, 2.45) is 17.1 Å². The Kier molecular flexibility index (Phi) is 5.29. The van der Waals surface area contributed by atoms with Gasteiger partial charge in [-0.05, 0) is 55.0 Å². The summed E-state index contributed by atoms with van der Waals surface area (Å²) in [6.45, 7) is 9.55. The topological polar surface area (TPSA) is 29.3 Å². The van der Waals surface area contributed by atoms with E-state index in [4.69, 9.17) is 17.3 Å². The van der Waals surface area contributed by atoms with Crippen LogP contribution in [0.2, 0.25) is 5.02 Å². The molecule has 1 aromatic carbocycles. The molecule has 0 aromatic heterocycles. The molecule has 0 aliphatic carbocycles. The number of likely N-dealkylation sites (tertiary alicyclic amines) is 1. The maximum Gasteiger partial charge on any atom is 0.141 e. The molecule has 1 aliphatic rings. The molecule has 1 heterocycles. The van der Waals surface area contributed by atoms with E-state index >= 15 is 0 Å². The summed E-state index contributed by atoms with van der Waals surface area (Å²) >= 11 is 5.90. The van der Waals surface area contributed by atoms with Crippen molar-refractivity contribution in [3.63, 3.8) is 0 Å². The van der Waals surface area contributed by atoms with Crippen LogP contribution in [0.3, 0.4) is 0 Å². The fraction of sp³-hybridized carbons (Fsp3) is 0.647. The van der Waals surface area contributed by atoms with Crippen LogP contribution in [0.15, 0.2) is 18.2 Å². The maximum atomic E-state index is 13.3. The van der Waals surface area contributed by atoms with E-state index in [0.29, 0.717) is 12.0 Å². The van der Waals surface area contributed by atoms with Crippen LogP contribution in [-0.2, 0) is 0 Å². The molecule has 1 saturated heterocycles. The van der Waals surface area contributed by atoms with Crippen LogP contribution in [0, 0.1) is 17.2 Å². The summed E-state index contributed by atoms with van der Waals surface area (Å²) < 4.78 is 13.3. The van der Waals surface area contributed by atoms with Gasteiger partial charge in [-0.1, -0.05) is 38.4 Å². The van der Waals surface area contributed by atoms with Crippen molar-refractivity contribution < 1.29 is 4.39 Å². The van der Waals surface area contributed by atoms with E-state index in [1.54, 1.807) is 12.1 Å². The minimum atomic E-state index is -0.373. The Morgan fingerprint density at radius 3 is 2.43 bits per heavy atom. The number of hydrogen-bond acceptors (Lipinski definition) is 2. The summed E-state index contributed by atoms with van der Waals surface area (Å²) in [6, 6.07) is 5.07. The minimum Gasteiger partial charge on any atom is -0.329 e. The van der Waals surface area contributed by atoms with Gasteiger partial charge < -0.3 is 5.73 Å². The largest absolute Gasteiger partial charge is 0.329 e. The molecule has 0 radical (unpaired) electrons. The highest BCUT2D eigenvalue weighted by Crippen LogP contribution is 2.36. The normalized spacial score (nSPS) is 19.7. The van der Waals surface area contributed by atoms with Crippen molar-refractivity contribution in [1.82, 2.24) is 4.90 Å². The number of rotatable bonds is 3. The smallest absolute Gasteiger partial charge is 0.141 e. The zero-order valence-corrected chi connectivity index (χ0v) is 14.0. The van der Waals surface area contributed by atoms with Crippen molar-refractivity contribution in [2.45, 2.75) is 39.7 Å². The Balaban J connectivity index is 2.07. The quantitative estimate of drug-likeness (QED) is 0.904. The summed E-state index contributed by atoms with van der Waals surface area (Å²) in [4.78, 5) is 2.41. The molecule has 1 fully saturated rings. The summed E-state index contributed by atoms with van der Waals surface area (Å²) in [5.41, 5.74) is 7.34. The molecule has 4 heteroatoms. The molecule has 0 amide bonds. The molecule has 2 rings (SSSR count). The third kappa shape index (κ3) is 3.97. The lowest BCUT2D eigenvalue weighted by Crippen LogP contribution is -2.42. The molecule has 21 heavy (non-hydrogen) atoms. The van der Waals surface area contributed by atoms with E-state index in [2.05, 4.69) is 25.7 Å². The molecule has 118 valence electrons. The first-order valence-electron chi connectivity index (χ1n) is 7.72. The summed E-state index contributed by atoms with van der Waals surface area (Å²) in [5, 5.41) is 0.176. The van der Waals surface area contributed by atoms with Gasteiger partial charge in [-0.25, -0.2) is 4.39 Å². The second-order valence-electron chi connectivity index (χ2n) is 7.10. The van der Waals surface area contributed by atoms with E-state index in [0.717, 1.165) is 24.6 Å². The molecule has 0 spiro atoms. The third-order valence-electron chi connectivity index (χ3n) is 4.75. The second kappa shape index (κ2) is 6.64. The number of hydrogen-bond donors (Lipinski definition) is 1. The van der Waals surface area contributed by atoms with Crippen LogP contribution < -0.4 is 5.73 Å². The highest BCUT2D eigenvalue weighted by atomic mass is 35.5. The van der Waals surface area contributed by atoms with Crippen molar-refractivity contribution >= 4 is 11.6 Å². The first-order valence-corrected chi connectivity index (χ1v) is 8.09. The van der Waals surface area contributed by atoms with Crippen LogP contribution in [0.1, 0.15) is 45.2 Å². The molecule has 1 atom stereocenters. The average molecular weight is 313 g/mol. The Morgan fingerprint density at radius 1 is 1.33 bits per heavy atom. The number of halogens is 2. The highest BCUT2D eigenvalue weighted by Gasteiger charge is 2.31. The molecule has 1 unspecified atom stereocenters. The second-order valence-corrected chi connectivity index (χ2v) is 7.51. The van der Waals surface area contributed by atoms with E-state index in [1.165, 1.54) is 18.9 Å². The van der Waals surface area contributed by atoms with Crippen LogP contribution in [0.5, 0.6) is 0 Å². The lowest BCUT2D eigenvalue weighted by Gasteiger charge is -2.41. The summed E-state index contributed by atoms with van der Waals surface area (Å²) in [6.07, 6.45) is 2.38. The third-order valence-corrected chi connectivity index (χ3v) is 5.04. The first kappa shape index (κ1) is 16.7. The number of benzene rings is 1. The molecule has 1 aromatic rings. The first-order chi connectivity index (χ1) is 9.82.